The molecule has 0 spiro atoms. The largest absolute Gasteiger partial charge is 0.309 e. The first kappa shape index (κ1) is 24.7. The fourth-order valence-electron chi connectivity index (χ4n) is 6.87. The molecule has 0 aliphatic carbocycles. The Kier molecular flexibility index (Phi) is 5.54. The van der Waals surface area contributed by atoms with Crippen LogP contribution in [-0.4, -0.2) is 9.13 Å². The van der Waals surface area contributed by atoms with Gasteiger partial charge in [-0.1, -0.05) is 115 Å². The van der Waals surface area contributed by atoms with Crippen molar-refractivity contribution < 1.29 is 0 Å². The number of hydrogen-bond donors (Lipinski definition) is 0. The van der Waals surface area contributed by atoms with Crippen LogP contribution in [0.3, 0.4) is 0 Å². The third-order valence-electron chi connectivity index (χ3n) is 8.94. The summed E-state index contributed by atoms with van der Waals surface area (Å²) in [7, 11) is 0. The predicted octanol–water partition coefficient (Wildman–Crippen LogP) is 11.2. The highest BCUT2D eigenvalue weighted by atomic mass is 15.0. The van der Waals surface area contributed by atoms with Gasteiger partial charge in [-0.25, -0.2) is 0 Å². The van der Waals surface area contributed by atoms with E-state index in [1.807, 2.05) is 0 Å². The quantitative estimate of drug-likeness (QED) is 0.203. The Morgan fingerprint density at radius 2 is 0.614 bits per heavy atom. The number of fused-ring (bicyclic) bond motifs is 6. The Balaban J connectivity index is 1.10. The van der Waals surface area contributed by atoms with E-state index in [4.69, 9.17) is 0 Å². The summed E-state index contributed by atoms with van der Waals surface area (Å²) in [6.45, 7) is 0. The molecule has 0 saturated carbocycles. The van der Waals surface area contributed by atoms with E-state index in [-0.39, 0.29) is 0 Å². The minimum atomic E-state index is 1.16. The van der Waals surface area contributed by atoms with Crippen LogP contribution in [0.15, 0.2) is 170 Å². The Morgan fingerprint density at radius 1 is 0.250 bits per heavy atom. The smallest absolute Gasteiger partial charge is 0.0541 e. The van der Waals surface area contributed by atoms with Crippen LogP contribution < -0.4 is 0 Å². The SMILES string of the molecule is c1ccc(-c2ccc3c(c2)c2ccccc2n3-c2ccc(-c3ccc(-n4c5ccccc5c5ccccc54)cc3)cc2)cc1. The maximum Gasteiger partial charge on any atom is 0.0541 e. The lowest BCUT2D eigenvalue weighted by Crippen LogP contribution is -1.94. The third-order valence-corrected chi connectivity index (χ3v) is 8.94. The second-order valence-corrected chi connectivity index (χ2v) is 11.4. The zero-order valence-electron chi connectivity index (χ0n) is 24.1. The van der Waals surface area contributed by atoms with Crippen LogP contribution in [0.1, 0.15) is 0 Å². The first-order chi connectivity index (χ1) is 21.8. The number of para-hydroxylation sites is 3. The van der Waals surface area contributed by atoms with E-state index >= 15 is 0 Å². The first-order valence-corrected chi connectivity index (χ1v) is 15.1. The van der Waals surface area contributed by atoms with Gasteiger partial charge >= 0.3 is 0 Å². The molecule has 0 unspecified atom stereocenters. The molecule has 7 aromatic carbocycles. The maximum atomic E-state index is 2.38. The van der Waals surface area contributed by atoms with Gasteiger partial charge in [-0.15, -0.1) is 0 Å². The highest BCUT2D eigenvalue weighted by Crippen LogP contribution is 2.36. The van der Waals surface area contributed by atoms with E-state index in [9.17, 15) is 0 Å². The second kappa shape index (κ2) is 9.86. The molecule has 9 aromatic rings. The van der Waals surface area contributed by atoms with Gasteiger partial charge in [0.15, 0.2) is 0 Å². The summed E-state index contributed by atoms with van der Waals surface area (Å²) in [5.74, 6) is 0. The molecule has 44 heavy (non-hydrogen) atoms. The summed E-state index contributed by atoms with van der Waals surface area (Å²) in [6, 6.07) is 61.4. The van der Waals surface area contributed by atoms with Crippen molar-refractivity contribution in [2.24, 2.45) is 0 Å². The normalized spacial score (nSPS) is 11.6. The van der Waals surface area contributed by atoms with Gasteiger partial charge in [-0.3, -0.25) is 0 Å². The van der Waals surface area contributed by atoms with E-state index in [2.05, 4.69) is 179 Å². The van der Waals surface area contributed by atoms with Gasteiger partial charge in [0.2, 0.25) is 0 Å². The van der Waals surface area contributed by atoms with E-state index in [1.54, 1.807) is 0 Å². The van der Waals surface area contributed by atoms with Gasteiger partial charge in [-0.2, -0.15) is 0 Å². The highest BCUT2D eigenvalue weighted by Gasteiger charge is 2.14. The molecule has 2 heteroatoms. The van der Waals surface area contributed by atoms with Crippen molar-refractivity contribution in [3.63, 3.8) is 0 Å². The van der Waals surface area contributed by atoms with E-state index in [0.717, 1.165) is 5.69 Å². The van der Waals surface area contributed by atoms with E-state index in [0.29, 0.717) is 0 Å². The first-order valence-electron chi connectivity index (χ1n) is 15.1. The van der Waals surface area contributed by atoms with Crippen molar-refractivity contribution in [2.45, 2.75) is 0 Å². The monoisotopic (exact) mass is 560 g/mol. The van der Waals surface area contributed by atoms with Gasteiger partial charge in [0.05, 0.1) is 22.1 Å². The molecule has 9 rings (SSSR count). The molecule has 206 valence electrons. The Labute approximate surface area is 255 Å². The molecule has 0 amide bonds. The van der Waals surface area contributed by atoms with Crippen molar-refractivity contribution in [3.8, 4) is 33.6 Å². The second-order valence-electron chi connectivity index (χ2n) is 11.4. The molecule has 0 radical (unpaired) electrons. The summed E-state index contributed by atoms with van der Waals surface area (Å²) >= 11 is 0. The van der Waals surface area contributed by atoms with Crippen molar-refractivity contribution in [2.75, 3.05) is 0 Å². The highest BCUT2D eigenvalue weighted by molar-refractivity contribution is 6.11. The van der Waals surface area contributed by atoms with Gasteiger partial charge in [0.25, 0.3) is 0 Å². The van der Waals surface area contributed by atoms with Crippen LogP contribution in [0.5, 0.6) is 0 Å². The lowest BCUT2D eigenvalue weighted by atomic mass is 10.0. The Morgan fingerprint density at radius 3 is 1.11 bits per heavy atom. The fourth-order valence-corrected chi connectivity index (χ4v) is 6.87. The van der Waals surface area contributed by atoms with Gasteiger partial charge < -0.3 is 9.13 Å². The summed E-state index contributed by atoms with van der Waals surface area (Å²) in [6.07, 6.45) is 0. The molecule has 0 aliphatic rings. The topological polar surface area (TPSA) is 9.86 Å². The molecule has 2 aromatic heterocycles. The minimum Gasteiger partial charge on any atom is -0.309 e. The van der Waals surface area contributed by atoms with Crippen LogP contribution >= 0.6 is 0 Å². The van der Waals surface area contributed by atoms with Crippen LogP contribution in [0.4, 0.5) is 0 Å². The van der Waals surface area contributed by atoms with Crippen LogP contribution in [0.25, 0.3) is 77.2 Å². The van der Waals surface area contributed by atoms with Crippen LogP contribution in [0.2, 0.25) is 0 Å². The van der Waals surface area contributed by atoms with Crippen LogP contribution in [0, 0.1) is 0 Å². The number of benzene rings is 7. The van der Waals surface area contributed by atoms with E-state index in [1.165, 1.54) is 71.6 Å². The molecule has 0 atom stereocenters. The summed E-state index contributed by atoms with van der Waals surface area (Å²) in [5, 5.41) is 5.10. The lowest BCUT2D eigenvalue weighted by Gasteiger charge is -2.11. The van der Waals surface area contributed by atoms with Crippen molar-refractivity contribution >= 4 is 43.6 Å². The van der Waals surface area contributed by atoms with Crippen molar-refractivity contribution in [1.29, 1.82) is 0 Å². The minimum absolute atomic E-state index is 1.16. The summed E-state index contributed by atoms with van der Waals surface area (Å²) < 4.78 is 4.75. The standard InChI is InChI=1S/C42H28N2/c1-2-10-29(11-3-1)32-22-27-42-38(28-32)37-14-6-9-17-41(37)44(42)34-25-20-31(21-26-34)30-18-23-33(24-19-30)43-39-15-7-4-12-35(39)36-13-5-8-16-40(36)43/h1-28H. The lowest BCUT2D eigenvalue weighted by molar-refractivity contribution is 1.18. The van der Waals surface area contributed by atoms with E-state index < -0.39 is 0 Å². The predicted molar refractivity (Wildman–Crippen MR) is 186 cm³/mol. The average molecular weight is 561 g/mol. The molecule has 2 nitrogen and oxygen atoms in total. The molecule has 0 N–H and O–H groups in total. The molecule has 0 aliphatic heterocycles. The fraction of sp³-hybridized carbons (Fsp3) is 0. The van der Waals surface area contributed by atoms with Gasteiger partial charge in [-0.05, 0) is 76.9 Å². The number of rotatable bonds is 4. The van der Waals surface area contributed by atoms with Gasteiger partial charge in [0.1, 0.15) is 0 Å². The third kappa shape index (κ3) is 3.82. The molecule has 2 heterocycles. The molecular weight excluding hydrogens is 532 g/mol. The zero-order valence-corrected chi connectivity index (χ0v) is 24.1. The zero-order chi connectivity index (χ0) is 29.0. The number of aromatic nitrogens is 2. The number of hydrogen-bond acceptors (Lipinski definition) is 0. The Hall–Kier alpha value is -5.86. The van der Waals surface area contributed by atoms with Crippen molar-refractivity contribution in [3.05, 3.63) is 170 Å². The number of nitrogens with zero attached hydrogens (tertiary/aromatic N) is 2. The van der Waals surface area contributed by atoms with Gasteiger partial charge in [0, 0.05) is 32.9 Å². The summed E-state index contributed by atoms with van der Waals surface area (Å²) in [5.41, 5.74) is 12.1. The molecule has 0 bridgehead atoms. The Bertz CT molecular complexity index is 2410. The molecular formula is C42H28N2. The maximum absolute atomic E-state index is 2.38. The van der Waals surface area contributed by atoms with Crippen LogP contribution in [-0.2, 0) is 0 Å². The average Bonchev–Trinajstić information content (AvgIpc) is 3.62. The van der Waals surface area contributed by atoms with Crippen molar-refractivity contribution in [1.82, 2.24) is 9.13 Å². The molecule has 0 fully saturated rings. The molecule has 0 saturated heterocycles. The summed E-state index contributed by atoms with van der Waals surface area (Å²) in [4.78, 5) is 0.